The average Bonchev–Trinajstić information content (AvgIpc) is 3.14. The van der Waals surface area contributed by atoms with Gasteiger partial charge in [0, 0.05) is 6.42 Å². The van der Waals surface area contributed by atoms with E-state index in [-0.39, 0.29) is 19.2 Å². The van der Waals surface area contributed by atoms with Crippen LogP contribution >= 0.6 is 7.82 Å². The molecule has 0 spiro atoms. The molecule has 0 aliphatic heterocycles. The number of carbonyl (C=O) groups excluding carboxylic acids is 1. The summed E-state index contributed by atoms with van der Waals surface area (Å²) in [6, 6.07) is 0. The fraction of sp³-hybridized carbons (Fsp3) is 0.717. The third-order valence-electron chi connectivity index (χ3n) is 8.97. The number of likely N-dealkylation sites (N-methyl/N-ethyl adjacent to an activating group) is 1. The zero-order chi connectivity index (χ0) is 40.6. The van der Waals surface area contributed by atoms with Crippen molar-refractivity contribution in [1.29, 1.82) is 0 Å². The molecule has 0 aliphatic carbocycles. The number of nitrogens with zero attached hydrogens (tertiary/aromatic N) is 1. The minimum atomic E-state index is -4.50. The molecule has 2 atom stereocenters. The van der Waals surface area contributed by atoms with Crippen molar-refractivity contribution in [1.82, 2.24) is 0 Å². The number of carbonyl (C=O) groups is 1. The molecule has 55 heavy (non-hydrogen) atoms. The van der Waals surface area contributed by atoms with Gasteiger partial charge in [0.2, 0.25) is 0 Å². The summed E-state index contributed by atoms with van der Waals surface area (Å²) in [4.78, 5) is 23.7. The zero-order valence-corrected chi connectivity index (χ0v) is 36.5. The smallest absolute Gasteiger partial charge is 0.305 e. The number of ether oxygens (including phenoxy) is 1. The average molecular weight is 792 g/mol. The summed E-state index contributed by atoms with van der Waals surface area (Å²) in [7, 11) is 1.25. The Kier molecular flexibility index (Phi) is 37.3. The number of phosphoric acid groups is 1. The fourth-order valence-corrected chi connectivity index (χ4v) is 6.33. The van der Waals surface area contributed by atoms with Crippen molar-refractivity contribution in [2.45, 2.75) is 167 Å². The van der Waals surface area contributed by atoms with E-state index in [1.807, 2.05) is 21.1 Å². The minimum Gasteiger partial charge on any atom is -0.756 e. The molecule has 0 saturated carbocycles. The lowest BCUT2D eigenvalue weighted by molar-refractivity contribution is -0.870. The van der Waals surface area contributed by atoms with Crippen LogP contribution in [0.15, 0.2) is 72.9 Å². The van der Waals surface area contributed by atoms with E-state index in [1.165, 1.54) is 89.9 Å². The molecule has 0 amide bonds. The molecule has 1 N–H and O–H groups in total. The van der Waals surface area contributed by atoms with E-state index < -0.39 is 20.5 Å². The molecule has 0 radical (unpaired) electrons. The van der Waals surface area contributed by atoms with Crippen LogP contribution in [0.25, 0.3) is 0 Å². The van der Waals surface area contributed by atoms with Crippen LogP contribution in [0.5, 0.6) is 0 Å². The van der Waals surface area contributed by atoms with Gasteiger partial charge >= 0.3 is 5.97 Å². The highest BCUT2D eigenvalue weighted by Crippen LogP contribution is 2.38. The first kappa shape index (κ1) is 52.9. The Morgan fingerprint density at radius 1 is 0.582 bits per heavy atom. The third-order valence-corrected chi connectivity index (χ3v) is 9.94. The summed E-state index contributed by atoms with van der Waals surface area (Å²) in [5.41, 5.74) is 0. The van der Waals surface area contributed by atoms with E-state index >= 15 is 0 Å². The Labute approximate surface area is 338 Å². The van der Waals surface area contributed by atoms with Gasteiger partial charge in [-0.05, 0) is 57.8 Å². The topological polar surface area (TPSA) is 105 Å². The molecule has 318 valence electrons. The van der Waals surface area contributed by atoms with Crippen molar-refractivity contribution in [3.05, 3.63) is 72.9 Å². The number of aliphatic hydroxyl groups excluding tert-OH is 1. The van der Waals surface area contributed by atoms with Crippen molar-refractivity contribution in [3.8, 4) is 0 Å². The third kappa shape index (κ3) is 44.5. The van der Waals surface area contributed by atoms with Gasteiger partial charge in [-0.15, -0.1) is 0 Å². The van der Waals surface area contributed by atoms with Crippen LogP contribution < -0.4 is 4.89 Å². The van der Waals surface area contributed by atoms with E-state index in [4.69, 9.17) is 13.8 Å². The normalized spacial score (nSPS) is 14.5. The second kappa shape index (κ2) is 38.8. The van der Waals surface area contributed by atoms with E-state index in [0.29, 0.717) is 17.4 Å². The number of aliphatic hydroxyl groups is 1. The first-order valence-corrected chi connectivity index (χ1v) is 23.2. The highest BCUT2D eigenvalue weighted by atomic mass is 31.2. The monoisotopic (exact) mass is 792 g/mol. The fourth-order valence-electron chi connectivity index (χ4n) is 5.60. The molecule has 0 heterocycles. The van der Waals surface area contributed by atoms with Crippen molar-refractivity contribution >= 4 is 13.8 Å². The van der Waals surface area contributed by atoms with Gasteiger partial charge in [-0.25, -0.2) is 0 Å². The maximum Gasteiger partial charge on any atom is 0.305 e. The molecule has 0 aromatic rings. The SMILES string of the molecule is CC/C=C\C/C=C\C/C=C\C/C=C\C/C=C\C/C=C\CCCCCCCCCCCCCCCCCCC(=O)OCC(O)COP(=O)([O-])OCC[N+](C)(C)C. The van der Waals surface area contributed by atoms with Crippen molar-refractivity contribution < 1.29 is 37.6 Å². The van der Waals surface area contributed by atoms with E-state index in [1.54, 1.807) is 0 Å². The van der Waals surface area contributed by atoms with Crippen LogP contribution in [0.1, 0.15) is 161 Å². The highest BCUT2D eigenvalue weighted by Gasteiger charge is 2.16. The Balaban J connectivity index is 3.44. The van der Waals surface area contributed by atoms with Crippen LogP contribution in [-0.4, -0.2) is 69.2 Å². The largest absolute Gasteiger partial charge is 0.756 e. The first-order chi connectivity index (χ1) is 26.6. The predicted molar refractivity (Wildman–Crippen MR) is 231 cm³/mol. The summed E-state index contributed by atoms with van der Waals surface area (Å²) < 4.78 is 26.9. The maximum absolute atomic E-state index is 11.9. The molecule has 0 aromatic heterocycles. The lowest BCUT2D eigenvalue weighted by atomic mass is 10.0. The summed E-state index contributed by atoms with van der Waals surface area (Å²) >= 11 is 0. The summed E-state index contributed by atoms with van der Waals surface area (Å²) in [5, 5.41) is 9.89. The van der Waals surface area contributed by atoms with E-state index in [9.17, 15) is 19.4 Å². The van der Waals surface area contributed by atoms with E-state index in [0.717, 1.165) is 57.8 Å². The van der Waals surface area contributed by atoms with Crippen LogP contribution in [0.4, 0.5) is 0 Å². The molecule has 0 fully saturated rings. The number of hydrogen-bond acceptors (Lipinski definition) is 7. The lowest BCUT2D eigenvalue weighted by Gasteiger charge is -2.27. The minimum absolute atomic E-state index is 0.00977. The molecule has 0 saturated heterocycles. The number of rotatable bonds is 39. The molecular formula is C46H82NO7P. The van der Waals surface area contributed by atoms with Crippen molar-refractivity contribution in [3.63, 3.8) is 0 Å². The lowest BCUT2D eigenvalue weighted by Crippen LogP contribution is -2.37. The number of hydrogen-bond donors (Lipinski definition) is 1. The van der Waals surface area contributed by atoms with Gasteiger partial charge in [-0.2, -0.15) is 0 Å². The van der Waals surface area contributed by atoms with Gasteiger partial charge in [-0.3, -0.25) is 9.36 Å². The van der Waals surface area contributed by atoms with Crippen LogP contribution in [0.2, 0.25) is 0 Å². The second-order valence-corrected chi connectivity index (χ2v) is 16.9. The number of unbranched alkanes of at least 4 members (excludes halogenated alkanes) is 16. The van der Waals surface area contributed by atoms with Crippen LogP contribution in [0, 0.1) is 0 Å². The predicted octanol–water partition coefficient (Wildman–Crippen LogP) is 11.8. The molecular weight excluding hydrogens is 709 g/mol. The van der Waals surface area contributed by atoms with Gasteiger partial charge in [-0.1, -0.05) is 170 Å². The quantitative estimate of drug-likeness (QED) is 0.0217. The van der Waals surface area contributed by atoms with Crippen molar-refractivity contribution in [2.75, 3.05) is 47.5 Å². The molecule has 9 heteroatoms. The Bertz CT molecular complexity index is 1110. The summed E-state index contributed by atoms with van der Waals surface area (Å²) in [6.07, 6.45) is 53.7. The molecule has 8 nitrogen and oxygen atoms in total. The maximum atomic E-state index is 11.9. The van der Waals surface area contributed by atoms with Crippen molar-refractivity contribution in [2.24, 2.45) is 0 Å². The Morgan fingerprint density at radius 3 is 1.38 bits per heavy atom. The number of esters is 1. The molecule has 0 aliphatic rings. The second-order valence-electron chi connectivity index (χ2n) is 15.5. The molecule has 0 aromatic carbocycles. The van der Waals surface area contributed by atoms with Gasteiger partial charge in [0.05, 0.1) is 27.7 Å². The number of quaternary nitrogens is 1. The molecule has 2 unspecified atom stereocenters. The zero-order valence-electron chi connectivity index (χ0n) is 35.6. The highest BCUT2D eigenvalue weighted by molar-refractivity contribution is 7.45. The Hall–Kier alpha value is -2.06. The van der Waals surface area contributed by atoms with Gasteiger partial charge in [0.1, 0.15) is 25.9 Å². The standard InChI is InChI=1S/C46H82NO7P/c1-5-6-7-8-9-10-11-12-13-14-15-16-17-18-19-20-21-22-23-24-25-26-27-28-29-30-31-32-33-34-35-36-37-38-39-40-46(49)52-43-45(48)44-54-55(50,51)53-42-41-47(2,3)4/h6-7,9-10,12-13,15-16,18-19,21-22,45,48H,5,8,11,14,17,20,23-44H2,1-4H3/b7-6-,10-9-,13-12-,16-15-,19-18-,22-21-. The van der Waals surface area contributed by atoms with Gasteiger partial charge < -0.3 is 28.3 Å². The number of allylic oxidation sites excluding steroid dienone is 12. The molecule has 0 rings (SSSR count). The van der Waals surface area contributed by atoms with Gasteiger partial charge in [0.15, 0.2) is 0 Å². The summed E-state index contributed by atoms with van der Waals surface area (Å²) in [6.45, 7) is 1.83. The van der Waals surface area contributed by atoms with Crippen LogP contribution in [-0.2, 0) is 23.1 Å². The van der Waals surface area contributed by atoms with Gasteiger partial charge in [0.25, 0.3) is 7.82 Å². The molecule has 0 bridgehead atoms. The summed E-state index contributed by atoms with van der Waals surface area (Å²) in [5.74, 6) is -0.389. The van der Waals surface area contributed by atoms with E-state index in [2.05, 4.69) is 79.8 Å². The Morgan fingerprint density at radius 2 is 0.964 bits per heavy atom. The van der Waals surface area contributed by atoms with Crippen LogP contribution in [0.3, 0.4) is 0 Å². The first-order valence-electron chi connectivity index (χ1n) is 21.7. The number of phosphoric ester groups is 1.